The second-order valence-electron chi connectivity index (χ2n) is 6.39. The number of benzene rings is 1. The van der Waals surface area contributed by atoms with Gasteiger partial charge in [0, 0.05) is 34.8 Å². The van der Waals surface area contributed by atoms with Gasteiger partial charge in [-0.1, -0.05) is 6.58 Å². The highest BCUT2D eigenvalue weighted by atomic mass is 16.5. The van der Waals surface area contributed by atoms with Crippen molar-refractivity contribution in [3.63, 3.8) is 0 Å². The maximum Gasteiger partial charge on any atom is 0.154 e. The minimum atomic E-state index is 0.594. The number of nitrogens with zero attached hydrogens (tertiary/aromatic N) is 2. The topological polar surface area (TPSA) is 56.7 Å². The third kappa shape index (κ3) is 2.40. The van der Waals surface area contributed by atoms with Gasteiger partial charge in [-0.15, -0.1) is 0 Å². The molecule has 4 aromatic rings. The van der Waals surface area contributed by atoms with Gasteiger partial charge in [-0.2, -0.15) is 5.10 Å². The molecule has 5 nitrogen and oxygen atoms in total. The van der Waals surface area contributed by atoms with Crippen LogP contribution >= 0.6 is 0 Å². The van der Waals surface area contributed by atoms with Crippen molar-refractivity contribution < 1.29 is 13.9 Å². The standard InChI is InChI=1S/C21H18N2O3/c1-12(2)20-14(4)25-19-9-16(5-6-17(19)20)26-18-7-8-22-23-10-15(11-24)13(3)21(18)23/h5-11H,1H2,2-4H3. The van der Waals surface area contributed by atoms with Crippen molar-refractivity contribution in [3.8, 4) is 11.5 Å². The summed E-state index contributed by atoms with van der Waals surface area (Å²) in [4.78, 5) is 11.2. The van der Waals surface area contributed by atoms with Crippen LogP contribution in [0.2, 0.25) is 0 Å². The third-order valence-electron chi connectivity index (χ3n) is 4.55. The smallest absolute Gasteiger partial charge is 0.154 e. The molecule has 0 aliphatic heterocycles. The number of carbonyl (C=O) groups excluding carboxylic acids is 1. The number of allylic oxidation sites excluding steroid dienone is 1. The van der Waals surface area contributed by atoms with Gasteiger partial charge < -0.3 is 9.15 Å². The first-order chi connectivity index (χ1) is 12.5. The highest BCUT2D eigenvalue weighted by Crippen LogP contribution is 2.35. The Bertz CT molecular complexity index is 1180. The fourth-order valence-electron chi connectivity index (χ4n) is 3.36. The quantitative estimate of drug-likeness (QED) is 0.468. The van der Waals surface area contributed by atoms with Crippen LogP contribution < -0.4 is 4.74 Å². The van der Waals surface area contributed by atoms with Crippen molar-refractivity contribution in [1.82, 2.24) is 9.61 Å². The van der Waals surface area contributed by atoms with Crippen LogP contribution in [0.15, 0.2) is 47.7 Å². The molecule has 0 saturated carbocycles. The van der Waals surface area contributed by atoms with Crippen molar-refractivity contribution in [3.05, 3.63) is 65.7 Å². The number of aryl methyl sites for hydroxylation is 2. The van der Waals surface area contributed by atoms with Gasteiger partial charge in [-0.05, 0) is 44.0 Å². The molecule has 5 heteroatoms. The van der Waals surface area contributed by atoms with E-state index in [1.807, 2.05) is 39.0 Å². The van der Waals surface area contributed by atoms with Crippen molar-refractivity contribution in [2.75, 3.05) is 0 Å². The van der Waals surface area contributed by atoms with Gasteiger partial charge in [0.05, 0.1) is 6.20 Å². The number of rotatable bonds is 4. The summed E-state index contributed by atoms with van der Waals surface area (Å²) in [6.45, 7) is 9.80. The average molecular weight is 346 g/mol. The normalized spacial score (nSPS) is 11.2. The Balaban J connectivity index is 1.81. The van der Waals surface area contributed by atoms with Crippen molar-refractivity contribution in [2.45, 2.75) is 20.8 Å². The van der Waals surface area contributed by atoms with Crippen LogP contribution in [-0.2, 0) is 0 Å². The molecular formula is C21H18N2O3. The highest BCUT2D eigenvalue weighted by molar-refractivity contribution is 5.92. The largest absolute Gasteiger partial charge is 0.461 e. The van der Waals surface area contributed by atoms with E-state index in [2.05, 4.69) is 11.7 Å². The summed E-state index contributed by atoms with van der Waals surface area (Å²) in [5.41, 5.74) is 4.96. The maximum absolute atomic E-state index is 11.2. The minimum Gasteiger partial charge on any atom is -0.461 e. The lowest BCUT2D eigenvalue weighted by Crippen LogP contribution is -1.93. The zero-order chi connectivity index (χ0) is 18.4. The lowest BCUT2D eigenvalue weighted by atomic mass is 10.1. The van der Waals surface area contributed by atoms with Crippen LogP contribution in [0.3, 0.4) is 0 Å². The molecule has 3 heterocycles. The van der Waals surface area contributed by atoms with E-state index in [1.54, 1.807) is 23.0 Å². The molecule has 26 heavy (non-hydrogen) atoms. The van der Waals surface area contributed by atoms with E-state index in [1.165, 1.54) is 0 Å². The van der Waals surface area contributed by atoms with Crippen LogP contribution in [0.4, 0.5) is 0 Å². The average Bonchev–Trinajstić information content (AvgIpc) is 3.11. The molecule has 0 amide bonds. The number of aromatic nitrogens is 2. The summed E-state index contributed by atoms with van der Waals surface area (Å²) in [5.74, 6) is 2.13. The predicted molar refractivity (Wildman–Crippen MR) is 101 cm³/mol. The first kappa shape index (κ1) is 16.1. The van der Waals surface area contributed by atoms with Crippen LogP contribution in [0.25, 0.3) is 22.1 Å². The number of hydrogen-bond acceptors (Lipinski definition) is 4. The monoisotopic (exact) mass is 346 g/mol. The molecule has 0 aliphatic rings. The van der Waals surface area contributed by atoms with Crippen LogP contribution in [0.5, 0.6) is 11.5 Å². The lowest BCUT2D eigenvalue weighted by Gasteiger charge is -2.08. The second-order valence-corrected chi connectivity index (χ2v) is 6.39. The molecule has 1 aromatic carbocycles. The van der Waals surface area contributed by atoms with E-state index in [0.29, 0.717) is 17.1 Å². The van der Waals surface area contributed by atoms with E-state index < -0.39 is 0 Å². The molecule has 0 aliphatic carbocycles. The molecule has 0 radical (unpaired) electrons. The minimum absolute atomic E-state index is 0.594. The summed E-state index contributed by atoms with van der Waals surface area (Å²) < 4.78 is 13.6. The molecule has 130 valence electrons. The van der Waals surface area contributed by atoms with Gasteiger partial charge in [-0.25, -0.2) is 4.52 Å². The zero-order valence-electron chi connectivity index (χ0n) is 14.9. The Labute approximate surface area is 150 Å². The molecule has 0 bridgehead atoms. The molecular weight excluding hydrogens is 328 g/mol. The van der Waals surface area contributed by atoms with Crippen molar-refractivity contribution in [2.24, 2.45) is 0 Å². The van der Waals surface area contributed by atoms with E-state index in [0.717, 1.165) is 45.2 Å². The molecule has 0 atom stereocenters. The molecule has 0 saturated heterocycles. The number of hydrogen-bond donors (Lipinski definition) is 0. The summed E-state index contributed by atoms with van der Waals surface area (Å²) >= 11 is 0. The van der Waals surface area contributed by atoms with Crippen LogP contribution in [0.1, 0.15) is 34.2 Å². The fourth-order valence-corrected chi connectivity index (χ4v) is 3.36. The van der Waals surface area contributed by atoms with E-state index in [9.17, 15) is 4.79 Å². The number of fused-ring (bicyclic) bond motifs is 2. The zero-order valence-corrected chi connectivity index (χ0v) is 14.9. The third-order valence-corrected chi connectivity index (χ3v) is 4.55. The Morgan fingerprint density at radius 1 is 1.31 bits per heavy atom. The lowest BCUT2D eigenvalue weighted by molar-refractivity contribution is 0.112. The SMILES string of the molecule is C=C(C)c1c(C)oc2cc(Oc3ccnn4cc(C=O)c(C)c34)ccc12. The number of ether oxygens (including phenoxy) is 1. The van der Waals surface area contributed by atoms with Crippen molar-refractivity contribution >= 4 is 28.3 Å². The highest BCUT2D eigenvalue weighted by Gasteiger charge is 2.15. The predicted octanol–water partition coefficient (Wildman–Crippen LogP) is 5.34. The first-order valence-corrected chi connectivity index (χ1v) is 8.28. The van der Waals surface area contributed by atoms with Gasteiger partial charge in [0.25, 0.3) is 0 Å². The van der Waals surface area contributed by atoms with E-state index >= 15 is 0 Å². The first-order valence-electron chi connectivity index (χ1n) is 8.28. The van der Waals surface area contributed by atoms with Gasteiger partial charge >= 0.3 is 0 Å². The molecule has 0 N–H and O–H groups in total. The molecule has 0 fully saturated rings. The number of furan rings is 1. The molecule has 4 rings (SSSR count). The van der Waals surface area contributed by atoms with Crippen molar-refractivity contribution in [1.29, 1.82) is 0 Å². The molecule has 3 aromatic heterocycles. The van der Waals surface area contributed by atoms with Gasteiger partial charge in [0.2, 0.25) is 0 Å². The molecule has 0 spiro atoms. The Morgan fingerprint density at radius 3 is 2.85 bits per heavy atom. The Kier molecular flexibility index (Phi) is 3.65. The summed E-state index contributed by atoms with van der Waals surface area (Å²) in [6.07, 6.45) is 4.17. The van der Waals surface area contributed by atoms with Gasteiger partial charge in [0.1, 0.15) is 22.6 Å². The van der Waals surface area contributed by atoms with E-state index in [-0.39, 0.29) is 0 Å². The Hall–Kier alpha value is -3.34. The number of carbonyl (C=O) groups is 1. The summed E-state index contributed by atoms with van der Waals surface area (Å²) in [5, 5.41) is 5.26. The van der Waals surface area contributed by atoms with Gasteiger partial charge in [0.15, 0.2) is 12.0 Å². The maximum atomic E-state index is 11.2. The van der Waals surface area contributed by atoms with Crippen LogP contribution in [0, 0.1) is 13.8 Å². The van der Waals surface area contributed by atoms with Gasteiger partial charge in [-0.3, -0.25) is 4.79 Å². The Morgan fingerprint density at radius 2 is 2.12 bits per heavy atom. The number of aldehydes is 1. The summed E-state index contributed by atoms with van der Waals surface area (Å²) in [6, 6.07) is 7.53. The second kappa shape index (κ2) is 5.88. The fraction of sp³-hybridized carbons (Fsp3) is 0.143. The van der Waals surface area contributed by atoms with E-state index in [4.69, 9.17) is 9.15 Å². The molecule has 0 unspecified atom stereocenters. The van der Waals surface area contributed by atoms with Crippen LogP contribution in [-0.4, -0.2) is 15.9 Å². The summed E-state index contributed by atoms with van der Waals surface area (Å²) in [7, 11) is 0.